The van der Waals surface area contributed by atoms with Crippen LogP contribution in [0.25, 0.3) is 22.3 Å². The SMILES string of the molecule is C1CCOC1.CN1c2cc(Br)ccc2N(CC(C)(C)C)S1(=O)=O.COC(=O)c1ccc(C)c(-c2ccc3c(c2)N(C)S(=O)(=O)N3CC(C)(C)C)c1.COC(=O)c1ccc(C)c(B(O)O)c1.Cc1ccc(C(C)(C)O)cc1-c1ccc2c(c1)N(C)S(=O)(=O)N2CC(C)(C)C.[Br-].[CH3-].[Mg+2]. The van der Waals surface area contributed by atoms with E-state index in [1.54, 1.807) is 66.2 Å². The number of rotatable bonds is 9. The normalized spacial score (nSPS) is 15.4. The van der Waals surface area contributed by atoms with Gasteiger partial charge in [-0.25, -0.2) is 9.59 Å². The van der Waals surface area contributed by atoms with E-state index in [0.717, 1.165) is 62.3 Å². The Balaban J connectivity index is 0.000000331. The maximum Gasteiger partial charge on any atom is 2.00 e. The van der Waals surface area contributed by atoms with Gasteiger partial charge < -0.3 is 53.8 Å². The number of aryl methyl sites for hydroxylation is 3. The number of methoxy groups -OCH3 is 2. The first-order valence-electron chi connectivity index (χ1n) is 30.4. The topological polar surface area (TPSA) is 244 Å². The fourth-order valence-electron chi connectivity index (χ4n) is 10.4. The van der Waals surface area contributed by atoms with Gasteiger partial charge >= 0.3 is 72.7 Å². The summed E-state index contributed by atoms with van der Waals surface area (Å²) in [7, 11) is -4.80. The molecule has 0 saturated carbocycles. The smallest absolute Gasteiger partial charge is 1.00 e. The number of halogens is 2. The van der Waals surface area contributed by atoms with E-state index in [-0.39, 0.29) is 63.7 Å². The molecular formula is C69H95BBr2MgN6O14S3. The van der Waals surface area contributed by atoms with Crippen LogP contribution in [0.5, 0.6) is 0 Å². The number of hydrogen-bond donors (Lipinski definition) is 3. The molecule has 1 fully saturated rings. The van der Waals surface area contributed by atoms with E-state index < -0.39 is 55.3 Å². The minimum atomic E-state index is -3.60. The summed E-state index contributed by atoms with van der Waals surface area (Å²) in [6.45, 7) is 30.7. The number of nitrogens with zero attached hydrogens (tertiary/aromatic N) is 6. The quantitative estimate of drug-likeness (QED) is 0.0696. The molecule has 1 saturated heterocycles. The molecular weight excluding hydrogens is 1430 g/mol. The van der Waals surface area contributed by atoms with E-state index in [0.29, 0.717) is 70.2 Å². The molecule has 4 aliphatic rings. The van der Waals surface area contributed by atoms with E-state index in [9.17, 15) is 39.9 Å². The van der Waals surface area contributed by atoms with Crippen LogP contribution in [0.15, 0.2) is 114 Å². The molecule has 3 N–H and O–H groups in total. The largest absolute Gasteiger partial charge is 2.00 e. The summed E-state index contributed by atoms with van der Waals surface area (Å²) in [5.41, 5.74) is 11.1. The van der Waals surface area contributed by atoms with Crippen LogP contribution in [0.4, 0.5) is 34.1 Å². The minimum Gasteiger partial charge on any atom is -1.00 e. The van der Waals surface area contributed by atoms with Gasteiger partial charge in [0.05, 0.1) is 65.1 Å². The van der Waals surface area contributed by atoms with Gasteiger partial charge in [0.25, 0.3) is 0 Å². The Hall–Kier alpha value is -5.46. The van der Waals surface area contributed by atoms with Crippen molar-refractivity contribution in [2.75, 3.05) is 94.0 Å². The molecule has 0 spiro atoms. The predicted molar refractivity (Wildman–Crippen MR) is 391 cm³/mol. The zero-order valence-corrected chi connectivity index (χ0v) is 66.2. The monoisotopic (exact) mass is 1520 g/mol. The van der Waals surface area contributed by atoms with E-state index in [1.165, 1.54) is 59.0 Å². The zero-order valence-electron chi connectivity index (χ0n) is 59.1. The standard InChI is InChI=1S/C22H30N2O3S.C21H26N2O4S.C12H17BrN2O2S.C9H11BO4.C4H8O.CH3.BrH.Mg/c1-15-8-10-17(22(5,6)25)13-18(15)16-9-11-19-20(12-16)23(7)28(26,27)24(19)14-21(2,3)4;1-14-7-8-16(20(24)27-6)11-17(14)15-9-10-18-19(12-15)22(5)28(25,26)23(18)13-21(2,3)4;1-12(2,3)8-15-10-6-5-9(13)7-11(10)14(4)18(15,16)17;1-6-3-4-7(9(11)14-2)5-8(6)10(12)13;1-2-4-5-3-1;;;/h8-13,25H,14H2,1-7H3;7-12H,13H2,1-6H3;5-7H,8H2,1-4H3;3-5,12-13H,1-2H3;1-4H2;1H3;1H;/q;;;;;-1;;+2/p-1. The van der Waals surface area contributed by atoms with Crippen molar-refractivity contribution in [3.05, 3.63) is 154 Å². The van der Waals surface area contributed by atoms with Gasteiger partial charge in [-0.15, -0.1) is 0 Å². The average molecular weight is 1520 g/mol. The molecule has 0 atom stereocenters. The van der Waals surface area contributed by atoms with Crippen molar-refractivity contribution < 1.29 is 81.2 Å². The molecule has 0 aliphatic carbocycles. The number of carbonyl (C=O) groups is 2. The summed E-state index contributed by atoms with van der Waals surface area (Å²) in [4.78, 5) is 23.0. The number of fused-ring (bicyclic) bond motifs is 3. The zero-order chi connectivity index (χ0) is 69.9. The van der Waals surface area contributed by atoms with Crippen molar-refractivity contribution in [2.45, 2.75) is 115 Å². The molecule has 0 unspecified atom stereocenters. The van der Waals surface area contributed by atoms with E-state index in [4.69, 9.17) is 19.5 Å². The Morgan fingerprint density at radius 2 is 0.854 bits per heavy atom. The van der Waals surface area contributed by atoms with Gasteiger partial charge in [0.2, 0.25) is 0 Å². The number of benzene rings is 6. The number of ether oxygens (including phenoxy) is 3. The first-order valence-corrected chi connectivity index (χ1v) is 35.4. The molecule has 6 aromatic rings. The molecule has 27 heteroatoms. The Bertz CT molecular complexity index is 4070. The second-order valence-corrected chi connectivity index (χ2v) is 34.1. The Morgan fingerprint density at radius 1 is 0.510 bits per heavy atom. The first-order chi connectivity index (χ1) is 42.9. The van der Waals surface area contributed by atoms with Crippen LogP contribution >= 0.6 is 15.9 Å². The van der Waals surface area contributed by atoms with Crippen LogP contribution < -0.4 is 48.3 Å². The van der Waals surface area contributed by atoms with Crippen molar-refractivity contribution in [2.24, 2.45) is 16.2 Å². The van der Waals surface area contributed by atoms with Crippen LogP contribution in [-0.2, 0) is 50.4 Å². The third kappa shape index (κ3) is 20.4. The fraction of sp³-hybridized carbons (Fsp3) is 0.435. The molecule has 20 nitrogen and oxygen atoms in total. The van der Waals surface area contributed by atoms with Gasteiger partial charge in [-0.2, -0.15) is 25.3 Å². The summed E-state index contributed by atoms with van der Waals surface area (Å²) >= 11 is 3.37. The second kappa shape index (κ2) is 33.1. The van der Waals surface area contributed by atoms with Gasteiger partial charge in [0.15, 0.2) is 0 Å². The second-order valence-electron chi connectivity index (χ2n) is 27.5. The van der Waals surface area contributed by atoms with Crippen LogP contribution in [0.2, 0.25) is 0 Å². The van der Waals surface area contributed by atoms with Gasteiger partial charge in [-0.1, -0.05) is 120 Å². The summed E-state index contributed by atoms with van der Waals surface area (Å²) in [6.07, 6.45) is 2.56. The van der Waals surface area contributed by atoms with Crippen molar-refractivity contribution in [3.8, 4) is 22.3 Å². The molecule has 0 amide bonds. The number of anilines is 6. The van der Waals surface area contributed by atoms with Crippen LogP contribution in [0.1, 0.15) is 132 Å². The van der Waals surface area contributed by atoms with Crippen molar-refractivity contribution in [3.63, 3.8) is 0 Å². The van der Waals surface area contributed by atoms with Crippen LogP contribution in [-0.4, -0.2) is 151 Å². The Morgan fingerprint density at radius 3 is 1.20 bits per heavy atom. The first kappa shape index (κ1) is 84.8. The third-order valence-corrected chi connectivity index (χ3v) is 21.3. The van der Waals surface area contributed by atoms with Gasteiger partial charge in [0.1, 0.15) is 0 Å². The van der Waals surface area contributed by atoms with Crippen molar-refractivity contribution in [1.29, 1.82) is 0 Å². The molecule has 4 heterocycles. The van der Waals surface area contributed by atoms with E-state index in [1.807, 2.05) is 155 Å². The summed E-state index contributed by atoms with van der Waals surface area (Å²) in [6, 6.07) is 32.8. The van der Waals surface area contributed by atoms with Gasteiger partial charge in [-0.3, -0.25) is 25.8 Å². The summed E-state index contributed by atoms with van der Waals surface area (Å²) in [5.74, 6) is -0.898. The van der Waals surface area contributed by atoms with Gasteiger partial charge in [0, 0.05) is 58.5 Å². The maximum absolute atomic E-state index is 12.9. The molecule has 0 bridgehead atoms. The number of carbonyl (C=O) groups excluding carboxylic acids is 2. The number of aliphatic hydroxyl groups is 1. The maximum atomic E-state index is 12.9. The molecule has 4 aliphatic heterocycles. The third-order valence-electron chi connectivity index (χ3n) is 15.5. The Kier molecular flexibility index (Phi) is 29.3. The summed E-state index contributed by atoms with van der Waals surface area (Å²) < 4.78 is 100. The van der Waals surface area contributed by atoms with Crippen LogP contribution in [0.3, 0.4) is 0 Å². The average Bonchev–Trinajstić information content (AvgIpc) is 1.60. The fourth-order valence-corrected chi connectivity index (χ4v) is 15.7. The van der Waals surface area contributed by atoms with Crippen molar-refractivity contribution in [1.82, 2.24) is 0 Å². The molecule has 96 heavy (non-hydrogen) atoms. The van der Waals surface area contributed by atoms with Gasteiger partial charge in [-0.05, 0) is 181 Å². The van der Waals surface area contributed by atoms with E-state index >= 15 is 0 Å². The molecule has 522 valence electrons. The molecule has 6 aromatic carbocycles. The molecule has 0 radical (unpaired) electrons. The van der Waals surface area contributed by atoms with E-state index in [2.05, 4.69) is 20.7 Å². The number of hydrogen-bond acceptors (Lipinski definition) is 14. The summed E-state index contributed by atoms with van der Waals surface area (Å²) in [5, 5.41) is 28.3. The molecule has 10 rings (SSSR count). The predicted octanol–water partition coefficient (Wildman–Crippen LogP) is 8.76. The van der Waals surface area contributed by atoms with Crippen molar-refractivity contribution >= 4 is 128 Å². The Labute approximate surface area is 607 Å². The minimum absolute atomic E-state index is 0. The molecule has 0 aromatic heterocycles. The van der Waals surface area contributed by atoms with Crippen LogP contribution in [0, 0.1) is 44.4 Å². The number of esters is 2.